The summed E-state index contributed by atoms with van der Waals surface area (Å²) in [6, 6.07) is 7.63. The lowest BCUT2D eigenvalue weighted by Gasteiger charge is -2.38. The number of carboxylic acid groups (broad SMARTS) is 1. The van der Waals surface area contributed by atoms with Crippen LogP contribution in [0.2, 0.25) is 0 Å². The van der Waals surface area contributed by atoms with E-state index in [1.807, 2.05) is 24.3 Å². The van der Waals surface area contributed by atoms with Crippen molar-refractivity contribution >= 4 is 33.3 Å². The van der Waals surface area contributed by atoms with Crippen molar-refractivity contribution in [3.05, 3.63) is 35.2 Å². The van der Waals surface area contributed by atoms with Gasteiger partial charge in [-0.25, -0.2) is 4.79 Å². The molecule has 0 bridgehead atoms. The molecule has 0 radical (unpaired) electrons. The van der Waals surface area contributed by atoms with Crippen LogP contribution in [0.25, 0.3) is 10.1 Å². The summed E-state index contributed by atoms with van der Waals surface area (Å²) in [4.78, 5) is 23.5. The highest BCUT2D eigenvalue weighted by Gasteiger charge is 2.45. The van der Waals surface area contributed by atoms with E-state index in [0.29, 0.717) is 18.4 Å². The molecule has 2 aromatic rings. The highest BCUT2D eigenvalue weighted by atomic mass is 32.1. The van der Waals surface area contributed by atoms with Gasteiger partial charge in [-0.3, -0.25) is 4.79 Å². The van der Waals surface area contributed by atoms with Crippen molar-refractivity contribution in [3.8, 4) is 0 Å². The monoisotopic (exact) mass is 275 g/mol. The van der Waals surface area contributed by atoms with Crippen LogP contribution in [0.4, 0.5) is 0 Å². The SMILES string of the molecule is O=C(NC1(C(=O)O)CCC1)c1csc2ccccc12. The van der Waals surface area contributed by atoms with Crippen LogP contribution in [-0.4, -0.2) is 22.5 Å². The molecule has 1 aliphatic rings. The Bertz CT molecular complexity index is 658. The molecule has 0 saturated heterocycles. The molecule has 1 aromatic carbocycles. The van der Waals surface area contributed by atoms with Crippen molar-refractivity contribution in [3.63, 3.8) is 0 Å². The molecular formula is C14H13NO3S. The Balaban J connectivity index is 1.90. The van der Waals surface area contributed by atoms with Gasteiger partial charge in [0, 0.05) is 15.5 Å². The first kappa shape index (κ1) is 12.2. The van der Waals surface area contributed by atoms with E-state index in [9.17, 15) is 14.7 Å². The molecule has 2 N–H and O–H groups in total. The van der Waals surface area contributed by atoms with E-state index in [0.717, 1.165) is 16.5 Å². The van der Waals surface area contributed by atoms with Gasteiger partial charge in [0.2, 0.25) is 0 Å². The predicted octanol–water partition coefficient (Wildman–Crippen LogP) is 2.64. The number of carbonyl (C=O) groups is 2. The lowest BCUT2D eigenvalue weighted by Crippen LogP contribution is -2.59. The highest BCUT2D eigenvalue weighted by molar-refractivity contribution is 7.17. The number of amides is 1. The minimum absolute atomic E-state index is 0.292. The minimum Gasteiger partial charge on any atom is -0.480 e. The first-order chi connectivity index (χ1) is 9.12. The van der Waals surface area contributed by atoms with Gasteiger partial charge >= 0.3 is 5.97 Å². The zero-order chi connectivity index (χ0) is 13.5. The minimum atomic E-state index is -1.06. The zero-order valence-electron chi connectivity index (χ0n) is 10.2. The van der Waals surface area contributed by atoms with Crippen LogP contribution in [0.15, 0.2) is 29.6 Å². The van der Waals surface area contributed by atoms with E-state index in [4.69, 9.17) is 0 Å². The van der Waals surface area contributed by atoms with Crippen molar-refractivity contribution in [2.45, 2.75) is 24.8 Å². The standard InChI is InChI=1S/C14H13NO3S/c16-12(15-14(13(17)18)6-3-7-14)10-8-19-11-5-2-1-4-9(10)11/h1-2,4-5,8H,3,6-7H2,(H,15,16)(H,17,18). The van der Waals surface area contributed by atoms with Gasteiger partial charge in [0.15, 0.2) is 0 Å². The normalized spacial score (nSPS) is 16.8. The number of nitrogens with one attached hydrogen (secondary N) is 1. The Morgan fingerprint density at radius 3 is 2.63 bits per heavy atom. The molecule has 1 saturated carbocycles. The van der Waals surface area contributed by atoms with Crippen molar-refractivity contribution in [1.29, 1.82) is 0 Å². The summed E-state index contributed by atoms with van der Waals surface area (Å²) in [5.41, 5.74) is -0.492. The molecule has 1 aromatic heterocycles. The Hall–Kier alpha value is -1.88. The summed E-state index contributed by atoms with van der Waals surface area (Å²) >= 11 is 1.49. The maximum atomic E-state index is 12.3. The molecule has 5 heteroatoms. The molecule has 98 valence electrons. The molecule has 0 aliphatic heterocycles. The van der Waals surface area contributed by atoms with Crippen LogP contribution in [0.1, 0.15) is 29.6 Å². The third-order valence-corrected chi connectivity index (χ3v) is 4.66. The second kappa shape index (κ2) is 4.35. The maximum Gasteiger partial charge on any atom is 0.329 e. The average molecular weight is 275 g/mol. The van der Waals surface area contributed by atoms with Crippen LogP contribution in [-0.2, 0) is 4.79 Å². The molecule has 1 amide bonds. The van der Waals surface area contributed by atoms with Crippen molar-refractivity contribution in [1.82, 2.24) is 5.32 Å². The lowest BCUT2D eigenvalue weighted by molar-refractivity contribution is -0.148. The number of carboxylic acids is 1. The van der Waals surface area contributed by atoms with Gasteiger partial charge in [0.1, 0.15) is 5.54 Å². The van der Waals surface area contributed by atoms with E-state index in [-0.39, 0.29) is 5.91 Å². The van der Waals surface area contributed by atoms with Crippen LogP contribution < -0.4 is 5.32 Å². The molecule has 0 atom stereocenters. The third kappa shape index (κ3) is 1.90. The van der Waals surface area contributed by atoms with Crippen LogP contribution >= 0.6 is 11.3 Å². The Morgan fingerprint density at radius 2 is 2.00 bits per heavy atom. The number of benzene rings is 1. The lowest BCUT2D eigenvalue weighted by atomic mass is 9.76. The quantitative estimate of drug-likeness (QED) is 0.905. The number of aliphatic carboxylic acids is 1. The van der Waals surface area contributed by atoms with Crippen molar-refractivity contribution in [2.75, 3.05) is 0 Å². The summed E-state index contributed by atoms with van der Waals surface area (Å²) in [5, 5.41) is 14.6. The molecule has 4 nitrogen and oxygen atoms in total. The summed E-state index contributed by atoms with van der Waals surface area (Å²) < 4.78 is 1.03. The molecule has 1 heterocycles. The average Bonchev–Trinajstić information content (AvgIpc) is 2.77. The first-order valence-electron chi connectivity index (χ1n) is 6.14. The molecule has 1 fully saturated rings. The van der Waals surface area contributed by atoms with E-state index < -0.39 is 11.5 Å². The Labute approximate surface area is 114 Å². The zero-order valence-corrected chi connectivity index (χ0v) is 11.0. The number of rotatable bonds is 3. The largest absolute Gasteiger partial charge is 0.480 e. The molecule has 1 aliphatic carbocycles. The first-order valence-corrected chi connectivity index (χ1v) is 7.02. The van der Waals surface area contributed by atoms with Gasteiger partial charge in [-0.05, 0) is 25.3 Å². The molecular weight excluding hydrogens is 262 g/mol. The van der Waals surface area contributed by atoms with Gasteiger partial charge in [0.25, 0.3) is 5.91 Å². The van der Waals surface area contributed by atoms with Crippen molar-refractivity contribution in [2.24, 2.45) is 0 Å². The Kier molecular flexibility index (Phi) is 2.78. The second-order valence-corrected chi connectivity index (χ2v) is 5.75. The smallest absolute Gasteiger partial charge is 0.329 e. The van der Waals surface area contributed by atoms with Gasteiger partial charge < -0.3 is 10.4 Å². The highest BCUT2D eigenvalue weighted by Crippen LogP contribution is 2.33. The molecule has 0 spiro atoms. The van der Waals surface area contributed by atoms with E-state index in [2.05, 4.69) is 5.32 Å². The predicted molar refractivity (Wildman–Crippen MR) is 73.5 cm³/mol. The maximum absolute atomic E-state index is 12.3. The van der Waals surface area contributed by atoms with Crippen molar-refractivity contribution < 1.29 is 14.7 Å². The van der Waals surface area contributed by atoms with E-state index in [1.165, 1.54) is 11.3 Å². The van der Waals surface area contributed by atoms with E-state index >= 15 is 0 Å². The third-order valence-electron chi connectivity index (χ3n) is 3.69. The summed E-state index contributed by atoms with van der Waals surface area (Å²) in [5.74, 6) is -1.23. The van der Waals surface area contributed by atoms with Gasteiger partial charge in [0.05, 0.1) is 5.56 Å². The van der Waals surface area contributed by atoms with Gasteiger partial charge in [-0.2, -0.15) is 0 Å². The molecule has 3 rings (SSSR count). The summed E-state index contributed by atoms with van der Waals surface area (Å²) in [6.07, 6.45) is 1.86. The number of hydrogen-bond acceptors (Lipinski definition) is 3. The van der Waals surface area contributed by atoms with Gasteiger partial charge in [-0.15, -0.1) is 11.3 Å². The fourth-order valence-corrected chi connectivity index (χ4v) is 3.30. The van der Waals surface area contributed by atoms with E-state index in [1.54, 1.807) is 5.38 Å². The fourth-order valence-electron chi connectivity index (χ4n) is 2.36. The van der Waals surface area contributed by atoms with Gasteiger partial charge in [-0.1, -0.05) is 18.2 Å². The summed E-state index contributed by atoms with van der Waals surface area (Å²) in [7, 11) is 0. The number of hydrogen-bond donors (Lipinski definition) is 2. The Morgan fingerprint density at radius 1 is 1.26 bits per heavy atom. The van der Waals surface area contributed by atoms with Crippen LogP contribution in [0.3, 0.4) is 0 Å². The van der Waals surface area contributed by atoms with Crippen LogP contribution in [0, 0.1) is 0 Å². The topological polar surface area (TPSA) is 66.4 Å². The summed E-state index contributed by atoms with van der Waals surface area (Å²) in [6.45, 7) is 0. The number of thiophene rings is 1. The fraction of sp³-hybridized carbons (Fsp3) is 0.286. The second-order valence-electron chi connectivity index (χ2n) is 4.84. The number of carbonyl (C=O) groups excluding carboxylic acids is 1. The molecule has 19 heavy (non-hydrogen) atoms. The molecule has 0 unspecified atom stereocenters. The number of fused-ring (bicyclic) bond motifs is 1. The van der Waals surface area contributed by atoms with Crippen LogP contribution in [0.5, 0.6) is 0 Å².